The van der Waals surface area contributed by atoms with Crippen molar-refractivity contribution in [2.75, 3.05) is 0 Å². The Kier molecular flexibility index (Phi) is 42.9. The third kappa shape index (κ3) is 880. The number of hydrogen-bond acceptors (Lipinski definition) is 5. The van der Waals surface area contributed by atoms with Gasteiger partial charge in [0.1, 0.15) is 0 Å². The summed E-state index contributed by atoms with van der Waals surface area (Å²) in [5.74, 6) is 0. The number of rotatable bonds is 0. The first-order chi connectivity index (χ1) is 5.83. The molecular weight excluding hydrogens is 311 g/mol. The van der Waals surface area contributed by atoms with Crippen molar-refractivity contribution in [2.24, 2.45) is 0 Å². The Morgan fingerprint density at radius 1 is 1.31 bits per heavy atom. The second-order valence-corrected chi connectivity index (χ2v) is 5.92. The Balaban J connectivity index is -0.0000000446. The van der Waals surface area contributed by atoms with Crippen LogP contribution in [0.15, 0.2) is 0 Å². The van der Waals surface area contributed by atoms with Crippen LogP contribution >= 0.6 is 5.69 Å². The van der Waals surface area contributed by atoms with E-state index in [1.165, 1.54) is 0 Å². The van der Waals surface area contributed by atoms with Gasteiger partial charge in [-0.3, -0.25) is 0 Å². The molecule has 0 fully saturated rings. The Morgan fingerprint density at radius 2 is 1.31 bits per heavy atom. The van der Waals surface area contributed by atoms with E-state index in [4.69, 9.17) is 3.40 Å². The van der Waals surface area contributed by atoms with Crippen molar-refractivity contribution in [3.63, 3.8) is 0 Å². The molecule has 0 N–H and O–H groups in total. The van der Waals surface area contributed by atoms with E-state index in [-0.39, 0.29) is 0 Å². The third-order valence-electron chi connectivity index (χ3n) is 0. The molecule has 13 heavy (non-hydrogen) atoms. The first-order valence-electron chi connectivity index (χ1n) is 3.31. The molecule has 0 spiro atoms. The maximum absolute atomic E-state index is 9.29. The molecule has 0 amide bonds. The van der Waals surface area contributed by atoms with Crippen molar-refractivity contribution in [1.29, 1.82) is 0 Å². The molecule has 0 rings (SSSR count). The van der Waals surface area contributed by atoms with Crippen LogP contribution in [-0.2, 0) is 47.2 Å². The van der Waals surface area contributed by atoms with Crippen LogP contribution in [0.1, 0.15) is 26.7 Å². The Labute approximate surface area is 103 Å². The van der Waals surface area contributed by atoms with Gasteiger partial charge in [0, 0.05) is 0 Å². The zero-order chi connectivity index (χ0) is 11.9. The van der Waals surface area contributed by atoms with E-state index in [9.17, 15) is 9.79 Å². The topological polar surface area (TPSA) is 63.2 Å². The zero-order valence-electron chi connectivity index (χ0n) is 7.73. The average Bonchev–Trinajstić information content (AvgIpc) is 1.90. The van der Waals surface area contributed by atoms with Crippen molar-refractivity contribution in [3.05, 3.63) is 13.8 Å². The Bertz CT molecular complexity index is 99.8. The van der Waals surface area contributed by atoms with Gasteiger partial charge in [-0.2, -0.15) is 24.6 Å². The fraction of sp³-hybridized carbons (Fsp3) is 0.667. The number of hydrogen-bond donors (Lipinski definition) is 0. The molecule has 0 aliphatic carbocycles. The van der Waals surface area contributed by atoms with E-state index in [0.717, 1.165) is 12.8 Å². The summed E-state index contributed by atoms with van der Waals surface area (Å²) in [4.78, 5) is 18.6. The predicted octanol–water partition coefficient (Wildman–Crippen LogP) is 0.818. The van der Waals surface area contributed by atoms with Gasteiger partial charge in [-0.1, -0.05) is 13.8 Å². The molecule has 0 aromatic carbocycles. The van der Waals surface area contributed by atoms with Crippen LogP contribution in [0, 0.1) is 13.8 Å². The monoisotopic (exact) mass is 327 g/mol. The SMILES string of the molecule is [CH2-]CC.[CH2-]CC.[O-]P([O-])(=S)[S-].[O]=[Mo]. The maximum atomic E-state index is 9.29. The van der Waals surface area contributed by atoms with Crippen LogP contribution in [0.2, 0.25) is 0 Å². The molecule has 3 nitrogen and oxygen atoms in total. The van der Waals surface area contributed by atoms with Crippen molar-refractivity contribution < 1.29 is 33.0 Å². The molecule has 0 bridgehead atoms. The summed E-state index contributed by atoms with van der Waals surface area (Å²) >= 11 is 7.98. The molecule has 84 valence electrons. The summed E-state index contributed by atoms with van der Waals surface area (Å²) in [7, 11) is 0. The summed E-state index contributed by atoms with van der Waals surface area (Å²) in [5, 5.41) is 0. The zero-order valence-corrected chi connectivity index (χ0v) is 12.3. The fourth-order valence-electron chi connectivity index (χ4n) is 0. The van der Waals surface area contributed by atoms with E-state index in [0.29, 0.717) is 19.8 Å². The van der Waals surface area contributed by atoms with Gasteiger partial charge in [-0.25, -0.2) is 0 Å². The van der Waals surface area contributed by atoms with Crippen LogP contribution in [0.5, 0.6) is 0 Å². The first kappa shape index (κ1) is 23.9. The van der Waals surface area contributed by atoms with Crippen molar-refractivity contribution in [2.45, 2.75) is 26.7 Å². The standard InChI is InChI=1S/2C3H7.Mo.H3O2PS2.O/c2*1-3-2;;1-3(2,4)5;/h2*1,3H2,2H3;;(H3,1,2,4,5);/q2*-1;;;/p-3. The molecule has 0 aromatic rings. The molecule has 0 atom stereocenters. The van der Waals surface area contributed by atoms with Gasteiger partial charge in [0.2, 0.25) is 0 Å². The minimum atomic E-state index is -3.72. The summed E-state index contributed by atoms with van der Waals surface area (Å²) in [5.41, 5.74) is -3.72. The molecule has 0 aliphatic heterocycles. The molecule has 7 heteroatoms. The van der Waals surface area contributed by atoms with E-state index in [2.05, 4.69) is 37.9 Å². The molecule has 0 heterocycles. The second kappa shape index (κ2) is 23.3. The van der Waals surface area contributed by atoms with Crippen molar-refractivity contribution >= 4 is 29.7 Å². The van der Waals surface area contributed by atoms with Crippen molar-refractivity contribution in [3.8, 4) is 0 Å². The molecule has 0 saturated heterocycles. The molecule has 0 unspecified atom stereocenters. The van der Waals surface area contributed by atoms with Gasteiger partial charge in [-0.15, -0.1) is 0 Å². The molecular formula is C6H14MoO3PS2-5. The van der Waals surface area contributed by atoms with Gasteiger partial charge in [-0.05, 0) is 0 Å². The first-order valence-corrected chi connectivity index (χ1v) is 7.78. The normalized spacial score (nSPS) is 7.62. The van der Waals surface area contributed by atoms with Crippen molar-refractivity contribution in [1.82, 2.24) is 0 Å². The van der Waals surface area contributed by atoms with E-state index in [1.54, 1.807) is 0 Å². The Hall–Kier alpha value is 1.41. The summed E-state index contributed by atoms with van der Waals surface area (Å²) in [6.45, 7) is 11.0. The quantitative estimate of drug-likeness (QED) is 0.286. The van der Waals surface area contributed by atoms with E-state index >= 15 is 0 Å². The van der Waals surface area contributed by atoms with E-state index in [1.807, 2.05) is 13.8 Å². The fourth-order valence-corrected chi connectivity index (χ4v) is 0. The molecule has 0 aromatic heterocycles. The molecule has 0 radical (unpaired) electrons. The van der Waals surface area contributed by atoms with Gasteiger partial charge < -0.3 is 41.6 Å². The van der Waals surface area contributed by atoms with E-state index < -0.39 is 5.69 Å². The second-order valence-electron chi connectivity index (χ2n) is 1.45. The van der Waals surface area contributed by atoms with Crippen LogP contribution in [0.3, 0.4) is 0 Å². The van der Waals surface area contributed by atoms with Crippen LogP contribution in [0.4, 0.5) is 0 Å². The van der Waals surface area contributed by atoms with Gasteiger partial charge >= 0.3 is 23.2 Å². The minimum absolute atomic E-state index is 0.700. The average molecular weight is 325 g/mol. The third-order valence-corrected chi connectivity index (χ3v) is 0. The van der Waals surface area contributed by atoms with Crippen LogP contribution in [0.25, 0.3) is 0 Å². The van der Waals surface area contributed by atoms with Gasteiger partial charge in [0.05, 0.1) is 0 Å². The molecule has 0 saturated carbocycles. The van der Waals surface area contributed by atoms with Gasteiger partial charge in [0.15, 0.2) is 0 Å². The summed E-state index contributed by atoms with van der Waals surface area (Å²) in [6, 6.07) is 0. The van der Waals surface area contributed by atoms with Crippen LogP contribution in [-0.4, -0.2) is 0 Å². The van der Waals surface area contributed by atoms with Crippen LogP contribution < -0.4 is 9.79 Å². The van der Waals surface area contributed by atoms with Gasteiger partial charge in [0.25, 0.3) is 0 Å². The summed E-state index contributed by atoms with van der Waals surface area (Å²) in [6.07, 6.45) is 2.00. The summed E-state index contributed by atoms with van der Waals surface area (Å²) < 4.78 is 8.26. The predicted molar refractivity (Wildman–Crippen MR) is 53.6 cm³/mol. The molecule has 0 aliphatic rings. The Morgan fingerprint density at radius 3 is 1.31 bits per heavy atom.